The zero-order valence-corrected chi connectivity index (χ0v) is 27.3. The van der Waals surface area contributed by atoms with E-state index in [1.54, 1.807) is 5.71 Å². The van der Waals surface area contributed by atoms with Crippen molar-refractivity contribution in [3.05, 3.63) is 71.8 Å². The van der Waals surface area contributed by atoms with Crippen LogP contribution in [0.4, 0.5) is 0 Å². The molecule has 8 aliphatic rings. The normalized spacial score (nSPS) is 33.8. The maximum atomic E-state index is 5.18. The molecule has 207 valence electrons. The molecule has 2 aromatic carbocycles. The fourth-order valence-electron chi connectivity index (χ4n) is 9.00. The average molecular weight is 545 g/mol. The number of benzene rings is 2. The number of aliphatic imine (C=N–C) groups is 1. The summed E-state index contributed by atoms with van der Waals surface area (Å²) in [4.78, 5) is 10.7. The van der Waals surface area contributed by atoms with Crippen molar-refractivity contribution in [1.29, 1.82) is 0 Å². The van der Waals surface area contributed by atoms with E-state index in [4.69, 9.17) is 4.99 Å². The second-order valence-corrected chi connectivity index (χ2v) is 13.5. The van der Waals surface area contributed by atoms with Gasteiger partial charge in [0.15, 0.2) is 0 Å². The molecule has 2 aliphatic carbocycles. The molecule has 10 rings (SSSR count). The van der Waals surface area contributed by atoms with E-state index in [1.807, 2.05) is 0 Å². The number of piperidine rings is 6. The minimum atomic E-state index is 0. The van der Waals surface area contributed by atoms with Crippen LogP contribution < -0.4 is 29.6 Å². The molecule has 3 nitrogen and oxygen atoms in total. The molecule has 6 saturated heterocycles. The monoisotopic (exact) mass is 544 g/mol. The summed E-state index contributed by atoms with van der Waals surface area (Å²) in [5, 5.41) is 0. The van der Waals surface area contributed by atoms with Gasteiger partial charge < -0.3 is 1.43 Å². The van der Waals surface area contributed by atoms with Crippen molar-refractivity contribution in [2.24, 2.45) is 22.7 Å². The maximum Gasteiger partial charge on any atom is 1.00 e. The van der Waals surface area contributed by atoms with E-state index in [-0.39, 0.29) is 39.4 Å². The summed E-state index contributed by atoms with van der Waals surface area (Å²) in [6.45, 7) is 10.1. The first-order valence-corrected chi connectivity index (χ1v) is 15.8. The summed E-state index contributed by atoms with van der Waals surface area (Å²) in [5.41, 5.74) is 5.49. The van der Waals surface area contributed by atoms with Gasteiger partial charge in [0.1, 0.15) is 0 Å². The van der Waals surface area contributed by atoms with Gasteiger partial charge in [-0.2, -0.15) is 0 Å². The molecule has 6 aliphatic heterocycles. The van der Waals surface area contributed by atoms with Crippen molar-refractivity contribution < 1.29 is 31.0 Å². The van der Waals surface area contributed by atoms with Gasteiger partial charge in [0.05, 0.1) is 11.6 Å². The Labute approximate surface area is 268 Å². The molecule has 2 saturated carbocycles. The van der Waals surface area contributed by atoms with E-state index in [0.29, 0.717) is 17.1 Å². The van der Waals surface area contributed by atoms with Crippen LogP contribution in [0.1, 0.15) is 96.1 Å². The van der Waals surface area contributed by atoms with Crippen LogP contribution in [0.15, 0.2) is 65.7 Å². The van der Waals surface area contributed by atoms with E-state index in [1.165, 1.54) is 95.1 Å². The van der Waals surface area contributed by atoms with E-state index >= 15 is 0 Å². The van der Waals surface area contributed by atoms with Crippen LogP contribution in [-0.4, -0.2) is 61.2 Å². The Morgan fingerprint density at radius 3 is 1.88 bits per heavy atom. The van der Waals surface area contributed by atoms with Crippen LogP contribution in [0.5, 0.6) is 0 Å². The average Bonchev–Trinajstić information content (AvgIpc) is 3.92. The zero-order chi connectivity index (χ0) is 25.7. The maximum absolute atomic E-state index is 5.18. The SMILES string of the molecule is C[C@@H](C[C@@H]1C2CCN(CC2)C12CC2)c1ccccc1.C[C@@H](N=C1C2CCN(CC2)C12CC2)c1ccccc1.[B].[H-].[Na+]. The van der Waals surface area contributed by atoms with Crippen molar-refractivity contribution >= 4 is 14.1 Å². The Kier molecular flexibility index (Phi) is 9.45. The van der Waals surface area contributed by atoms with Crippen molar-refractivity contribution in [1.82, 2.24) is 9.80 Å². The van der Waals surface area contributed by atoms with Gasteiger partial charge in [-0.05, 0) is 120 Å². The molecule has 0 aromatic heterocycles. The largest absolute Gasteiger partial charge is 1.00 e. The first-order chi connectivity index (χ1) is 18.6. The molecule has 4 bridgehead atoms. The number of nitrogens with zero attached hydrogens (tertiary/aromatic N) is 3. The van der Waals surface area contributed by atoms with Gasteiger partial charge in [0, 0.05) is 25.6 Å². The van der Waals surface area contributed by atoms with Crippen LogP contribution in [0.2, 0.25) is 0 Å². The number of hydrogen-bond acceptors (Lipinski definition) is 3. The van der Waals surface area contributed by atoms with E-state index in [2.05, 4.69) is 84.3 Å². The van der Waals surface area contributed by atoms with Crippen molar-refractivity contribution in [2.75, 3.05) is 26.2 Å². The molecule has 3 radical (unpaired) electrons. The fourth-order valence-corrected chi connectivity index (χ4v) is 9.00. The predicted molar refractivity (Wildman–Crippen MR) is 165 cm³/mol. The van der Waals surface area contributed by atoms with Gasteiger partial charge >= 0.3 is 29.6 Å². The van der Waals surface area contributed by atoms with Crippen LogP contribution in [-0.2, 0) is 0 Å². The summed E-state index contributed by atoms with van der Waals surface area (Å²) in [6, 6.07) is 22.2. The second-order valence-electron chi connectivity index (χ2n) is 13.5. The summed E-state index contributed by atoms with van der Waals surface area (Å²) >= 11 is 0. The third-order valence-corrected chi connectivity index (χ3v) is 11.5. The molecule has 2 aromatic rings. The summed E-state index contributed by atoms with van der Waals surface area (Å²) in [7, 11) is 0. The van der Waals surface area contributed by atoms with Crippen molar-refractivity contribution in [3.63, 3.8) is 0 Å². The molecule has 40 heavy (non-hydrogen) atoms. The number of hydrogen-bond donors (Lipinski definition) is 0. The van der Waals surface area contributed by atoms with E-state index < -0.39 is 0 Å². The Hall–Kier alpha value is -0.905. The minimum Gasteiger partial charge on any atom is -1.00 e. The van der Waals surface area contributed by atoms with Crippen LogP contribution in [0, 0.1) is 17.8 Å². The Bertz CT molecular complexity index is 1140. The zero-order valence-electron chi connectivity index (χ0n) is 26.3. The number of rotatable bonds is 5. The molecule has 0 amide bonds. The molecule has 0 unspecified atom stereocenters. The molecular weight excluding hydrogens is 496 g/mol. The third-order valence-electron chi connectivity index (χ3n) is 11.5. The molecule has 3 atom stereocenters. The third kappa shape index (κ3) is 5.58. The van der Waals surface area contributed by atoms with Gasteiger partial charge in [0.2, 0.25) is 0 Å². The molecule has 8 fully saturated rings. The number of fused-ring (bicyclic) bond motifs is 4. The molecule has 6 heterocycles. The Balaban J connectivity index is 0.000000176. The van der Waals surface area contributed by atoms with Crippen LogP contribution in [0.3, 0.4) is 0 Å². The smallest absolute Gasteiger partial charge is 1.00 e. The molecule has 0 N–H and O–H groups in total. The molecular formula is C35H48BN3Na. The van der Waals surface area contributed by atoms with Gasteiger partial charge in [0.25, 0.3) is 0 Å². The van der Waals surface area contributed by atoms with Gasteiger partial charge in [-0.25, -0.2) is 0 Å². The molecule has 5 heteroatoms. The van der Waals surface area contributed by atoms with Crippen molar-refractivity contribution in [3.8, 4) is 0 Å². The van der Waals surface area contributed by atoms with E-state index in [0.717, 1.165) is 23.7 Å². The minimum absolute atomic E-state index is 0. The summed E-state index contributed by atoms with van der Waals surface area (Å²) < 4.78 is 0. The first-order valence-electron chi connectivity index (χ1n) is 15.8. The Morgan fingerprint density at radius 2 is 1.32 bits per heavy atom. The summed E-state index contributed by atoms with van der Waals surface area (Å²) in [5.74, 6) is 3.51. The second kappa shape index (κ2) is 12.4. The van der Waals surface area contributed by atoms with Gasteiger partial charge in [-0.3, -0.25) is 14.8 Å². The molecule has 2 spiro atoms. The van der Waals surface area contributed by atoms with Gasteiger partial charge in [-0.15, -0.1) is 0 Å². The summed E-state index contributed by atoms with van der Waals surface area (Å²) in [6.07, 6.45) is 12.7. The van der Waals surface area contributed by atoms with Crippen LogP contribution in [0.25, 0.3) is 0 Å². The Morgan fingerprint density at radius 1 is 0.775 bits per heavy atom. The van der Waals surface area contributed by atoms with Crippen molar-refractivity contribution in [2.45, 2.75) is 94.7 Å². The quantitative estimate of drug-likeness (QED) is 0.525. The standard InChI is InChI=1S/C18H25N.C17H22N2.B.Na.H/c1-14(15-5-3-2-4-6-15)13-17-16-7-11-19(12-8-16)18(17)9-10-18;1-13(14-5-3-2-4-6-14)18-16-15-7-11-19(12-8-15)17(16)9-10-17;;;/h2-6,14,16-17H,7-13H2,1H3;2-6,13,15H,7-12H2,1H3;;;/q;;;+1;-1/t14-,17+;13-;;;/m01.../s1. The fraction of sp³-hybridized carbons (Fsp3) is 0.629. The first kappa shape index (κ1) is 30.5. The van der Waals surface area contributed by atoms with Crippen LogP contribution >= 0.6 is 0 Å². The van der Waals surface area contributed by atoms with E-state index in [9.17, 15) is 0 Å². The topological polar surface area (TPSA) is 18.8 Å². The predicted octanol–water partition coefficient (Wildman–Crippen LogP) is 4.24. The van der Waals surface area contributed by atoms with Gasteiger partial charge in [-0.1, -0.05) is 67.6 Å².